The number of nitrogens with zero attached hydrogens (tertiary/aromatic N) is 3. The van der Waals surface area contributed by atoms with Crippen LogP contribution in [0.1, 0.15) is 31.5 Å². The fourth-order valence-electron chi connectivity index (χ4n) is 1.94. The van der Waals surface area contributed by atoms with Crippen molar-refractivity contribution in [1.29, 1.82) is 0 Å². The number of thiazole rings is 1. The van der Waals surface area contributed by atoms with Crippen LogP contribution in [0.5, 0.6) is 0 Å². The minimum absolute atomic E-state index is 0. The summed E-state index contributed by atoms with van der Waals surface area (Å²) in [4.78, 5) is 11.4. The van der Waals surface area contributed by atoms with Gasteiger partial charge in [0.25, 0.3) is 0 Å². The Morgan fingerprint density at radius 2 is 2.05 bits per heavy atom. The molecular formula is C14H25IN4S2. The molecule has 7 heteroatoms. The normalized spacial score (nSPS) is 16.7. The molecule has 1 saturated heterocycles. The summed E-state index contributed by atoms with van der Waals surface area (Å²) in [5, 5.41) is 3.33. The maximum absolute atomic E-state index is 6.04. The van der Waals surface area contributed by atoms with Crippen LogP contribution >= 0.6 is 47.1 Å². The van der Waals surface area contributed by atoms with Gasteiger partial charge in [-0.1, -0.05) is 20.8 Å². The highest BCUT2D eigenvalue weighted by molar-refractivity contribution is 14.0. The van der Waals surface area contributed by atoms with Gasteiger partial charge in [0.05, 0.1) is 10.7 Å². The first-order chi connectivity index (χ1) is 9.47. The SMILES string of the molecule is CC(C)(C)c1nc(CCN=C(N)N2CCSCC2)cs1.I. The molecule has 1 fully saturated rings. The van der Waals surface area contributed by atoms with E-state index in [1.54, 1.807) is 11.3 Å². The predicted molar refractivity (Wildman–Crippen MR) is 105 cm³/mol. The predicted octanol–water partition coefficient (Wildman–Crippen LogP) is 2.96. The Kier molecular flexibility index (Phi) is 7.77. The number of aromatic nitrogens is 1. The van der Waals surface area contributed by atoms with Crippen molar-refractivity contribution in [3.05, 3.63) is 16.1 Å². The van der Waals surface area contributed by atoms with Crippen molar-refractivity contribution < 1.29 is 0 Å². The first-order valence-electron chi connectivity index (χ1n) is 7.04. The largest absolute Gasteiger partial charge is 0.370 e. The first-order valence-corrected chi connectivity index (χ1v) is 9.08. The van der Waals surface area contributed by atoms with Crippen LogP contribution in [0, 0.1) is 0 Å². The van der Waals surface area contributed by atoms with Gasteiger partial charge in [-0.05, 0) is 0 Å². The van der Waals surface area contributed by atoms with Gasteiger partial charge in [0.15, 0.2) is 5.96 Å². The molecule has 0 unspecified atom stereocenters. The van der Waals surface area contributed by atoms with Crippen molar-refractivity contribution in [1.82, 2.24) is 9.88 Å². The molecule has 0 amide bonds. The summed E-state index contributed by atoms with van der Waals surface area (Å²) in [6, 6.07) is 0. The van der Waals surface area contributed by atoms with Crippen LogP contribution in [-0.2, 0) is 11.8 Å². The number of nitrogens with two attached hydrogens (primary N) is 1. The van der Waals surface area contributed by atoms with Gasteiger partial charge in [0.1, 0.15) is 0 Å². The van der Waals surface area contributed by atoms with Crippen LogP contribution in [0.4, 0.5) is 0 Å². The van der Waals surface area contributed by atoms with Crippen molar-refractivity contribution in [2.75, 3.05) is 31.1 Å². The van der Waals surface area contributed by atoms with Gasteiger partial charge >= 0.3 is 0 Å². The zero-order chi connectivity index (χ0) is 14.6. The number of halogens is 1. The van der Waals surface area contributed by atoms with Crippen LogP contribution in [0.15, 0.2) is 10.4 Å². The molecule has 1 aromatic rings. The number of guanidine groups is 1. The molecule has 1 aromatic heterocycles. The molecule has 2 rings (SSSR count). The zero-order valence-corrected chi connectivity index (χ0v) is 16.9. The molecule has 0 aliphatic carbocycles. The summed E-state index contributed by atoms with van der Waals surface area (Å²) in [6.07, 6.45) is 0.871. The maximum atomic E-state index is 6.04. The second kappa shape index (κ2) is 8.57. The molecule has 0 bridgehead atoms. The molecule has 4 nitrogen and oxygen atoms in total. The highest BCUT2D eigenvalue weighted by Crippen LogP contribution is 2.25. The van der Waals surface area contributed by atoms with Gasteiger partial charge in [-0.3, -0.25) is 4.99 Å². The minimum Gasteiger partial charge on any atom is -0.370 e. The van der Waals surface area contributed by atoms with E-state index in [0.717, 1.165) is 43.3 Å². The van der Waals surface area contributed by atoms with E-state index in [1.165, 1.54) is 5.01 Å². The monoisotopic (exact) mass is 440 g/mol. The van der Waals surface area contributed by atoms with Crippen LogP contribution in [0.3, 0.4) is 0 Å². The molecule has 120 valence electrons. The summed E-state index contributed by atoms with van der Waals surface area (Å²) in [5.74, 6) is 2.99. The Morgan fingerprint density at radius 3 is 2.62 bits per heavy atom. The third kappa shape index (κ3) is 5.94. The smallest absolute Gasteiger partial charge is 0.191 e. The molecule has 0 saturated carbocycles. The van der Waals surface area contributed by atoms with E-state index in [2.05, 4.69) is 41.0 Å². The summed E-state index contributed by atoms with van der Waals surface area (Å²) in [5.41, 5.74) is 7.30. The lowest BCUT2D eigenvalue weighted by atomic mass is 9.98. The van der Waals surface area contributed by atoms with Gasteiger partial charge in [-0.15, -0.1) is 35.3 Å². The number of rotatable bonds is 3. The van der Waals surface area contributed by atoms with Crippen molar-refractivity contribution >= 4 is 53.0 Å². The second-order valence-electron chi connectivity index (χ2n) is 5.98. The van der Waals surface area contributed by atoms with Crippen LogP contribution in [0.25, 0.3) is 0 Å². The zero-order valence-electron chi connectivity index (χ0n) is 13.0. The van der Waals surface area contributed by atoms with Crippen molar-refractivity contribution in [3.63, 3.8) is 0 Å². The molecule has 0 atom stereocenters. The molecule has 0 radical (unpaired) electrons. The van der Waals surface area contributed by atoms with E-state index in [4.69, 9.17) is 5.73 Å². The standard InChI is InChI=1S/C14H24N4S2.HI/c1-14(2,3)12-17-11(10-20-12)4-5-16-13(15)18-6-8-19-9-7-18;/h10H,4-9H2,1-3H3,(H2,15,16);1H. The van der Waals surface area contributed by atoms with Crippen LogP contribution < -0.4 is 5.73 Å². The van der Waals surface area contributed by atoms with E-state index in [9.17, 15) is 0 Å². The van der Waals surface area contributed by atoms with Crippen LogP contribution in [0.2, 0.25) is 0 Å². The van der Waals surface area contributed by atoms with Crippen molar-refractivity contribution in [2.24, 2.45) is 10.7 Å². The second-order valence-corrected chi connectivity index (χ2v) is 8.07. The van der Waals surface area contributed by atoms with Crippen molar-refractivity contribution in [2.45, 2.75) is 32.6 Å². The van der Waals surface area contributed by atoms with Gasteiger partial charge in [-0.25, -0.2) is 4.98 Å². The van der Waals surface area contributed by atoms with E-state index in [-0.39, 0.29) is 29.4 Å². The summed E-state index contributed by atoms with van der Waals surface area (Å²) >= 11 is 3.72. The fourth-order valence-corrected chi connectivity index (χ4v) is 3.79. The number of hydrogen-bond donors (Lipinski definition) is 1. The lowest BCUT2D eigenvalue weighted by Gasteiger charge is -2.27. The topological polar surface area (TPSA) is 54.5 Å². The van der Waals surface area contributed by atoms with Crippen LogP contribution in [-0.4, -0.2) is 47.0 Å². The van der Waals surface area contributed by atoms with E-state index in [0.29, 0.717) is 5.96 Å². The quantitative estimate of drug-likeness (QED) is 0.446. The lowest BCUT2D eigenvalue weighted by Crippen LogP contribution is -2.42. The highest BCUT2D eigenvalue weighted by Gasteiger charge is 2.17. The molecular weight excluding hydrogens is 415 g/mol. The number of thioether (sulfide) groups is 1. The Bertz CT molecular complexity index is 462. The molecule has 0 spiro atoms. The maximum Gasteiger partial charge on any atom is 0.191 e. The Hall–Kier alpha value is -0.0200. The van der Waals surface area contributed by atoms with Gasteiger partial charge in [-0.2, -0.15) is 11.8 Å². The number of aliphatic imine (C=N–C) groups is 1. The fraction of sp³-hybridized carbons (Fsp3) is 0.714. The average Bonchev–Trinajstić information content (AvgIpc) is 2.88. The third-order valence-corrected chi connectivity index (χ3v) is 5.43. The molecule has 2 N–H and O–H groups in total. The average molecular weight is 440 g/mol. The van der Waals surface area contributed by atoms with E-state index < -0.39 is 0 Å². The van der Waals surface area contributed by atoms with Crippen molar-refractivity contribution in [3.8, 4) is 0 Å². The van der Waals surface area contributed by atoms with E-state index >= 15 is 0 Å². The van der Waals surface area contributed by atoms with Gasteiger partial charge in [0, 0.05) is 48.4 Å². The summed E-state index contributed by atoms with van der Waals surface area (Å²) in [6.45, 7) is 9.35. The number of hydrogen-bond acceptors (Lipinski definition) is 4. The lowest BCUT2D eigenvalue weighted by molar-refractivity contribution is 0.456. The third-order valence-electron chi connectivity index (χ3n) is 3.17. The van der Waals surface area contributed by atoms with E-state index in [1.807, 2.05) is 11.8 Å². The molecule has 2 heterocycles. The molecule has 1 aliphatic rings. The molecule has 21 heavy (non-hydrogen) atoms. The molecule has 0 aromatic carbocycles. The summed E-state index contributed by atoms with van der Waals surface area (Å²) in [7, 11) is 0. The van der Waals surface area contributed by atoms with Gasteiger partial charge in [0.2, 0.25) is 0 Å². The minimum atomic E-state index is 0. The Balaban J connectivity index is 0.00000220. The highest BCUT2D eigenvalue weighted by atomic mass is 127. The molecule has 1 aliphatic heterocycles. The Labute approximate surface area is 153 Å². The Morgan fingerprint density at radius 1 is 1.38 bits per heavy atom. The summed E-state index contributed by atoms with van der Waals surface area (Å²) < 4.78 is 0. The first kappa shape index (κ1) is 19.0. The van der Waals surface area contributed by atoms with Gasteiger partial charge < -0.3 is 10.6 Å².